The third-order valence-electron chi connectivity index (χ3n) is 5.01. The maximum Gasteiger partial charge on any atom is 0.263 e. The van der Waals surface area contributed by atoms with Crippen molar-refractivity contribution < 1.29 is 14.3 Å². The molecule has 0 saturated heterocycles. The molecule has 0 bridgehead atoms. The first kappa shape index (κ1) is 21.5. The molecule has 0 aliphatic heterocycles. The Labute approximate surface area is 189 Å². The predicted octanol–water partition coefficient (Wildman–Crippen LogP) is 3.95. The number of thiazole rings is 1. The smallest absolute Gasteiger partial charge is 0.263 e. The lowest BCUT2D eigenvalue weighted by atomic mass is 10.2. The number of nitrogens with zero attached hydrogens (tertiary/aromatic N) is 4. The van der Waals surface area contributed by atoms with Gasteiger partial charge in [0.15, 0.2) is 0 Å². The van der Waals surface area contributed by atoms with Gasteiger partial charge in [0, 0.05) is 12.6 Å². The fraction of sp³-hybridized carbons (Fsp3) is 0.217. The molecule has 0 fully saturated rings. The van der Waals surface area contributed by atoms with E-state index in [1.54, 1.807) is 18.9 Å². The average molecular weight is 450 g/mol. The van der Waals surface area contributed by atoms with Gasteiger partial charge in [-0.05, 0) is 43.7 Å². The molecule has 0 aliphatic rings. The van der Waals surface area contributed by atoms with Gasteiger partial charge in [-0.2, -0.15) is 0 Å². The van der Waals surface area contributed by atoms with Crippen LogP contribution in [-0.4, -0.2) is 40.1 Å². The highest BCUT2D eigenvalue weighted by molar-refractivity contribution is 7.17. The number of carbonyl (C=O) groups excluding carboxylic acids is 1. The van der Waals surface area contributed by atoms with E-state index in [0.717, 1.165) is 28.4 Å². The summed E-state index contributed by atoms with van der Waals surface area (Å²) in [6.07, 6.45) is 0. The number of hydrogen-bond donors (Lipinski definition) is 1. The third kappa shape index (κ3) is 4.33. The SMILES string of the molecule is COc1ccc(CNC(=O)c2sc(-c3nnn(-c4cccc(OC)c4)c3C)nc2C)cc1. The molecule has 32 heavy (non-hydrogen) atoms. The zero-order valence-corrected chi connectivity index (χ0v) is 19.1. The molecule has 2 heterocycles. The highest BCUT2D eigenvalue weighted by Gasteiger charge is 2.20. The number of benzene rings is 2. The maximum absolute atomic E-state index is 12.8. The highest BCUT2D eigenvalue weighted by atomic mass is 32.1. The normalized spacial score (nSPS) is 10.8. The Morgan fingerprint density at radius 3 is 2.53 bits per heavy atom. The van der Waals surface area contributed by atoms with Gasteiger partial charge in [-0.25, -0.2) is 9.67 Å². The van der Waals surface area contributed by atoms with E-state index in [1.807, 2.05) is 62.4 Å². The first-order chi connectivity index (χ1) is 15.5. The molecule has 9 heteroatoms. The number of methoxy groups -OCH3 is 2. The second kappa shape index (κ2) is 9.19. The number of amides is 1. The summed E-state index contributed by atoms with van der Waals surface area (Å²) in [4.78, 5) is 17.9. The largest absolute Gasteiger partial charge is 0.497 e. The molecule has 1 N–H and O–H groups in total. The van der Waals surface area contributed by atoms with Crippen LogP contribution >= 0.6 is 11.3 Å². The Kier molecular flexibility index (Phi) is 6.18. The Balaban J connectivity index is 1.53. The number of hydrogen-bond acceptors (Lipinski definition) is 7. The number of carbonyl (C=O) groups is 1. The molecule has 2 aromatic carbocycles. The second-order valence-electron chi connectivity index (χ2n) is 7.10. The molecular weight excluding hydrogens is 426 g/mol. The molecule has 0 atom stereocenters. The van der Waals surface area contributed by atoms with Gasteiger partial charge in [-0.3, -0.25) is 4.79 Å². The zero-order chi connectivity index (χ0) is 22.7. The van der Waals surface area contributed by atoms with Gasteiger partial charge in [0.1, 0.15) is 27.1 Å². The Morgan fingerprint density at radius 1 is 1.06 bits per heavy atom. The summed E-state index contributed by atoms with van der Waals surface area (Å²) in [6, 6.07) is 15.2. The molecule has 164 valence electrons. The van der Waals surface area contributed by atoms with E-state index in [0.29, 0.717) is 27.8 Å². The minimum absolute atomic E-state index is 0.167. The van der Waals surface area contributed by atoms with Crippen molar-refractivity contribution in [2.45, 2.75) is 20.4 Å². The van der Waals surface area contributed by atoms with Crippen LogP contribution in [0.1, 0.15) is 26.6 Å². The molecule has 4 aromatic rings. The van der Waals surface area contributed by atoms with Crippen molar-refractivity contribution in [1.82, 2.24) is 25.3 Å². The summed E-state index contributed by atoms with van der Waals surface area (Å²) in [5, 5.41) is 12.2. The van der Waals surface area contributed by atoms with Gasteiger partial charge < -0.3 is 14.8 Å². The van der Waals surface area contributed by atoms with E-state index in [4.69, 9.17) is 9.47 Å². The maximum atomic E-state index is 12.8. The summed E-state index contributed by atoms with van der Waals surface area (Å²) < 4.78 is 12.2. The molecule has 0 radical (unpaired) electrons. The number of aromatic nitrogens is 4. The van der Waals surface area contributed by atoms with E-state index in [2.05, 4.69) is 20.6 Å². The summed E-state index contributed by atoms with van der Waals surface area (Å²) >= 11 is 1.31. The summed E-state index contributed by atoms with van der Waals surface area (Å²) in [5.74, 6) is 1.35. The van der Waals surface area contributed by atoms with Crippen LogP contribution in [0.4, 0.5) is 0 Å². The fourth-order valence-electron chi connectivity index (χ4n) is 3.23. The number of aryl methyl sites for hydroxylation is 1. The van der Waals surface area contributed by atoms with Crippen LogP contribution in [0, 0.1) is 13.8 Å². The van der Waals surface area contributed by atoms with E-state index < -0.39 is 0 Å². The lowest BCUT2D eigenvalue weighted by Crippen LogP contribution is -2.22. The topological polar surface area (TPSA) is 91.2 Å². The molecule has 0 unspecified atom stereocenters. The van der Waals surface area contributed by atoms with Crippen LogP contribution in [-0.2, 0) is 6.54 Å². The number of rotatable bonds is 7. The van der Waals surface area contributed by atoms with E-state index in [1.165, 1.54) is 11.3 Å². The minimum Gasteiger partial charge on any atom is -0.497 e. The lowest BCUT2D eigenvalue weighted by molar-refractivity contribution is 0.0954. The first-order valence-corrected chi connectivity index (χ1v) is 10.8. The van der Waals surface area contributed by atoms with Gasteiger partial charge in [0.2, 0.25) is 0 Å². The number of nitrogens with one attached hydrogen (secondary N) is 1. The summed E-state index contributed by atoms with van der Waals surface area (Å²) in [6.45, 7) is 4.17. The average Bonchev–Trinajstić information content (AvgIpc) is 3.40. The molecule has 1 amide bonds. The Bertz CT molecular complexity index is 1250. The Morgan fingerprint density at radius 2 is 1.81 bits per heavy atom. The van der Waals surface area contributed by atoms with Crippen LogP contribution < -0.4 is 14.8 Å². The quantitative estimate of drug-likeness (QED) is 0.459. The van der Waals surface area contributed by atoms with E-state index in [-0.39, 0.29) is 5.91 Å². The summed E-state index contributed by atoms with van der Waals surface area (Å²) in [5.41, 5.74) is 3.96. The van der Waals surface area contributed by atoms with Crippen molar-refractivity contribution in [1.29, 1.82) is 0 Å². The van der Waals surface area contributed by atoms with Crippen LogP contribution in [0.5, 0.6) is 11.5 Å². The van der Waals surface area contributed by atoms with Gasteiger partial charge in [-0.1, -0.05) is 23.4 Å². The van der Waals surface area contributed by atoms with Crippen molar-refractivity contribution in [2.75, 3.05) is 14.2 Å². The fourth-order valence-corrected chi connectivity index (χ4v) is 4.25. The zero-order valence-electron chi connectivity index (χ0n) is 18.2. The highest BCUT2D eigenvalue weighted by Crippen LogP contribution is 2.30. The predicted molar refractivity (Wildman–Crippen MR) is 123 cm³/mol. The molecule has 0 saturated carbocycles. The standard InChI is InChI=1S/C23H23N5O3S/c1-14-21(22(29)24-13-16-8-10-18(30-3)11-9-16)32-23(25-14)20-15(2)28(27-26-20)17-6-5-7-19(12-17)31-4/h5-12H,13H2,1-4H3,(H,24,29). The van der Waals surface area contributed by atoms with Crippen LogP contribution in [0.3, 0.4) is 0 Å². The van der Waals surface area contributed by atoms with Crippen molar-refractivity contribution in [3.8, 4) is 27.9 Å². The van der Waals surface area contributed by atoms with E-state index in [9.17, 15) is 4.79 Å². The third-order valence-corrected chi connectivity index (χ3v) is 6.17. The van der Waals surface area contributed by atoms with Crippen molar-refractivity contribution in [3.05, 3.63) is 70.4 Å². The monoisotopic (exact) mass is 449 g/mol. The molecular formula is C23H23N5O3S. The Hall–Kier alpha value is -3.72. The first-order valence-electron chi connectivity index (χ1n) is 9.95. The molecule has 0 spiro atoms. The summed E-state index contributed by atoms with van der Waals surface area (Å²) in [7, 11) is 3.25. The van der Waals surface area contributed by atoms with Crippen molar-refractivity contribution in [2.24, 2.45) is 0 Å². The molecule has 8 nitrogen and oxygen atoms in total. The molecule has 4 rings (SSSR count). The molecule has 2 aromatic heterocycles. The van der Waals surface area contributed by atoms with Gasteiger partial charge in [0.05, 0.1) is 31.3 Å². The van der Waals surface area contributed by atoms with Gasteiger partial charge in [0.25, 0.3) is 5.91 Å². The van der Waals surface area contributed by atoms with Gasteiger partial charge in [-0.15, -0.1) is 16.4 Å². The van der Waals surface area contributed by atoms with E-state index >= 15 is 0 Å². The van der Waals surface area contributed by atoms with Crippen molar-refractivity contribution in [3.63, 3.8) is 0 Å². The van der Waals surface area contributed by atoms with Crippen LogP contribution in [0.15, 0.2) is 48.5 Å². The molecule has 0 aliphatic carbocycles. The van der Waals surface area contributed by atoms with Crippen LogP contribution in [0.2, 0.25) is 0 Å². The van der Waals surface area contributed by atoms with Crippen molar-refractivity contribution >= 4 is 17.2 Å². The van der Waals surface area contributed by atoms with Crippen LogP contribution in [0.25, 0.3) is 16.4 Å². The minimum atomic E-state index is -0.167. The lowest BCUT2D eigenvalue weighted by Gasteiger charge is -2.05. The van der Waals surface area contributed by atoms with Gasteiger partial charge >= 0.3 is 0 Å². The second-order valence-corrected chi connectivity index (χ2v) is 8.10. The number of ether oxygens (including phenoxy) is 2.